The van der Waals surface area contributed by atoms with Crippen molar-refractivity contribution >= 4 is 5.69 Å². The van der Waals surface area contributed by atoms with Crippen molar-refractivity contribution in [3.05, 3.63) is 58.9 Å². The van der Waals surface area contributed by atoms with E-state index in [1.54, 1.807) is 6.07 Å². The molecule has 0 atom stereocenters. The second-order valence-corrected chi connectivity index (χ2v) is 6.77. The van der Waals surface area contributed by atoms with Gasteiger partial charge in [-0.25, -0.2) is 4.39 Å². The van der Waals surface area contributed by atoms with Crippen molar-refractivity contribution in [3.8, 4) is 5.75 Å². The van der Waals surface area contributed by atoms with E-state index in [1.165, 1.54) is 17.3 Å². The molecule has 4 rings (SSSR count). The molecule has 0 unspecified atom stereocenters. The first-order chi connectivity index (χ1) is 12.2. The summed E-state index contributed by atoms with van der Waals surface area (Å²) in [6, 6.07) is 11.7. The third-order valence-electron chi connectivity index (χ3n) is 4.88. The molecule has 0 amide bonds. The van der Waals surface area contributed by atoms with Gasteiger partial charge in [0.2, 0.25) is 0 Å². The van der Waals surface area contributed by atoms with Gasteiger partial charge in [-0.1, -0.05) is 12.1 Å². The number of halogens is 1. The first-order valence-corrected chi connectivity index (χ1v) is 8.75. The molecule has 132 valence electrons. The number of nitrogens with zero attached hydrogens (tertiary/aromatic N) is 2. The topological polar surface area (TPSA) is 24.9 Å². The van der Waals surface area contributed by atoms with E-state index >= 15 is 0 Å². The molecule has 2 aliphatic heterocycles. The lowest BCUT2D eigenvalue weighted by Crippen LogP contribution is -2.46. The van der Waals surface area contributed by atoms with E-state index in [2.05, 4.69) is 41.0 Å². The van der Waals surface area contributed by atoms with Crippen LogP contribution in [0.1, 0.15) is 16.7 Å². The SMILES string of the molecule is Cc1cccc(N2CCN(Cc3cc(F)cc4c3OCOC4)CC2)c1. The molecule has 25 heavy (non-hydrogen) atoms. The van der Waals surface area contributed by atoms with Crippen LogP contribution >= 0.6 is 0 Å². The van der Waals surface area contributed by atoms with Crippen LogP contribution in [0.15, 0.2) is 36.4 Å². The van der Waals surface area contributed by atoms with Gasteiger partial charge in [0.1, 0.15) is 11.6 Å². The molecule has 0 radical (unpaired) electrons. The van der Waals surface area contributed by atoms with Gasteiger partial charge in [0.25, 0.3) is 0 Å². The standard InChI is InChI=1S/C20H23FN2O2/c1-15-3-2-4-19(9-15)23-7-5-22(6-8-23)12-16-10-18(21)11-17-13-24-14-25-20(16)17/h2-4,9-11H,5-8,12-14H2,1H3. The summed E-state index contributed by atoms with van der Waals surface area (Å²) in [7, 11) is 0. The third-order valence-corrected chi connectivity index (χ3v) is 4.88. The number of ether oxygens (including phenoxy) is 2. The summed E-state index contributed by atoms with van der Waals surface area (Å²) in [6.45, 7) is 7.35. The molecule has 2 aromatic carbocycles. The molecule has 2 aromatic rings. The summed E-state index contributed by atoms with van der Waals surface area (Å²) in [6.07, 6.45) is 0. The predicted octanol–water partition coefficient (Wildman–Crippen LogP) is 3.32. The summed E-state index contributed by atoms with van der Waals surface area (Å²) in [5.41, 5.74) is 4.29. The lowest BCUT2D eigenvalue weighted by atomic mass is 10.1. The maximum absolute atomic E-state index is 13.9. The Morgan fingerprint density at radius 2 is 1.92 bits per heavy atom. The Hall–Kier alpha value is -2.11. The van der Waals surface area contributed by atoms with Crippen molar-refractivity contribution in [3.63, 3.8) is 0 Å². The number of hydrogen-bond donors (Lipinski definition) is 0. The van der Waals surface area contributed by atoms with E-state index in [4.69, 9.17) is 9.47 Å². The second-order valence-electron chi connectivity index (χ2n) is 6.77. The normalized spacial score (nSPS) is 17.9. The Morgan fingerprint density at radius 1 is 1.08 bits per heavy atom. The fourth-order valence-electron chi connectivity index (χ4n) is 3.60. The maximum Gasteiger partial charge on any atom is 0.189 e. The summed E-state index contributed by atoms with van der Waals surface area (Å²) in [5, 5.41) is 0. The van der Waals surface area contributed by atoms with Gasteiger partial charge in [0.15, 0.2) is 6.79 Å². The predicted molar refractivity (Wildman–Crippen MR) is 95.4 cm³/mol. The zero-order chi connectivity index (χ0) is 17.2. The van der Waals surface area contributed by atoms with E-state index in [9.17, 15) is 4.39 Å². The first-order valence-electron chi connectivity index (χ1n) is 8.75. The van der Waals surface area contributed by atoms with Crippen LogP contribution in [0.4, 0.5) is 10.1 Å². The number of hydrogen-bond acceptors (Lipinski definition) is 4. The maximum atomic E-state index is 13.9. The van der Waals surface area contributed by atoms with Crippen molar-refractivity contribution in [1.29, 1.82) is 0 Å². The average molecular weight is 342 g/mol. The van der Waals surface area contributed by atoms with Gasteiger partial charge in [-0.3, -0.25) is 4.90 Å². The Labute approximate surface area is 147 Å². The number of benzene rings is 2. The van der Waals surface area contributed by atoms with Crippen molar-refractivity contribution in [1.82, 2.24) is 4.90 Å². The minimum Gasteiger partial charge on any atom is -0.467 e. The average Bonchev–Trinajstić information content (AvgIpc) is 2.62. The van der Waals surface area contributed by atoms with Crippen molar-refractivity contribution < 1.29 is 13.9 Å². The van der Waals surface area contributed by atoms with Crippen LogP contribution in [-0.4, -0.2) is 37.9 Å². The zero-order valence-electron chi connectivity index (χ0n) is 14.5. The molecule has 4 nitrogen and oxygen atoms in total. The van der Waals surface area contributed by atoms with Crippen LogP contribution in [0, 0.1) is 12.7 Å². The van der Waals surface area contributed by atoms with E-state index in [-0.39, 0.29) is 12.6 Å². The van der Waals surface area contributed by atoms with Crippen LogP contribution in [0.25, 0.3) is 0 Å². The van der Waals surface area contributed by atoms with Crippen LogP contribution in [-0.2, 0) is 17.9 Å². The number of piperazine rings is 1. The molecule has 5 heteroatoms. The highest BCUT2D eigenvalue weighted by Crippen LogP contribution is 2.30. The summed E-state index contributed by atoms with van der Waals surface area (Å²) < 4.78 is 24.8. The van der Waals surface area contributed by atoms with E-state index < -0.39 is 0 Å². The molecule has 0 N–H and O–H groups in total. The first kappa shape index (κ1) is 16.4. The van der Waals surface area contributed by atoms with Crippen LogP contribution < -0.4 is 9.64 Å². The van der Waals surface area contributed by atoms with Gasteiger partial charge >= 0.3 is 0 Å². The Balaban J connectivity index is 1.43. The highest BCUT2D eigenvalue weighted by Gasteiger charge is 2.22. The van der Waals surface area contributed by atoms with Gasteiger partial charge in [0, 0.05) is 49.5 Å². The molecule has 0 aliphatic carbocycles. The Bertz CT molecular complexity index is 757. The second kappa shape index (κ2) is 7.02. The number of anilines is 1. The van der Waals surface area contributed by atoms with Crippen LogP contribution in [0.3, 0.4) is 0 Å². The minimum atomic E-state index is -0.221. The molecule has 0 aromatic heterocycles. The molecule has 2 aliphatic rings. The summed E-state index contributed by atoms with van der Waals surface area (Å²) in [5.74, 6) is 0.579. The quantitative estimate of drug-likeness (QED) is 0.854. The van der Waals surface area contributed by atoms with E-state index in [0.29, 0.717) is 13.2 Å². The summed E-state index contributed by atoms with van der Waals surface area (Å²) in [4.78, 5) is 4.77. The van der Waals surface area contributed by atoms with Crippen molar-refractivity contribution in [2.24, 2.45) is 0 Å². The Morgan fingerprint density at radius 3 is 2.72 bits per heavy atom. The molecule has 2 heterocycles. The highest BCUT2D eigenvalue weighted by atomic mass is 19.1. The molecule has 0 saturated carbocycles. The molecule has 0 bridgehead atoms. The van der Waals surface area contributed by atoms with Crippen LogP contribution in [0.5, 0.6) is 5.75 Å². The fraction of sp³-hybridized carbons (Fsp3) is 0.400. The largest absolute Gasteiger partial charge is 0.467 e. The lowest BCUT2D eigenvalue weighted by molar-refractivity contribution is -0.0177. The molecular formula is C20H23FN2O2. The summed E-state index contributed by atoms with van der Waals surface area (Å²) >= 11 is 0. The third kappa shape index (κ3) is 3.62. The fourth-order valence-corrected chi connectivity index (χ4v) is 3.60. The zero-order valence-corrected chi connectivity index (χ0v) is 14.5. The number of fused-ring (bicyclic) bond motifs is 1. The number of rotatable bonds is 3. The Kier molecular flexibility index (Phi) is 4.59. The highest BCUT2D eigenvalue weighted by molar-refractivity contribution is 5.49. The molecule has 1 saturated heterocycles. The molecule has 0 spiro atoms. The van der Waals surface area contributed by atoms with Gasteiger partial charge in [0.05, 0.1) is 6.61 Å². The van der Waals surface area contributed by atoms with Gasteiger partial charge < -0.3 is 14.4 Å². The molecule has 1 fully saturated rings. The smallest absolute Gasteiger partial charge is 0.189 e. The van der Waals surface area contributed by atoms with E-state index in [1.807, 2.05) is 0 Å². The van der Waals surface area contributed by atoms with E-state index in [0.717, 1.165) is 43.1 Å². The minimum absolute atomic E-state index is 0.221. The van der Waals surface area contributed by atoms with Crippen molar-refractivity contribution in [2.45, 2.75) is 20.1 Å². The van der Waals surface area contributed by atoms with Gasteiger partial charge in [-0.2, -0.15) is 0 Å². The lowest BCUT2D eigenvalue weighted by Gasteiger charge is -2.36. The van der Waals surface area contributed by atoms with Gasteiger partial charge in [-0.05, 0) is 36.8 Å². The van der Waals surface area contributed by atoms with Crippen molar-refractivity contribution in [2.75, 3.05) is 37.9 Å². The van der Waals surface area contributed by atoms with Crippen LogP contribution in [0.2, 0.25) is 0 Å². The van der Waals surface area contributed by atoms with Gasteiger partial charge in [-0.15, -0.1) is 0 Å². The monoisotopic (exact) mass is 342 g/mol. The molecular weight excluding hydrogens is 319 g/mol. The number of aryl methyl sites for hydroxylation is 1.